The minimum Gasteiger partial charge on any atom is -0.474 e. The van der Waals surface area contributed by atoms with Gasteiger partial charge in [-0.1, -0.05) is 12.1 Å². The molecule has 1 aliphatic carbocycles. The van der Waals surface area contributed by atoms with Gasteiger partial charge in [0.1, 0.15) is 17.3 Å². The van der Waals surface area contributed by atoms with E-state index >= 15 is 0 Å². The molecule has 1 fully saturated rings. The smallest absolute Gasteiger partial charge is 0.226 e. The van der Waals surface area contributed by atoms with E-state index < -0.39 is 0 Å². The van der Waals surface area contributed by atoms with E-state index in [1.807, 2.05) is 6.07 Å². The van der Waals surface area contributed by atoms with E-state index in [1.54, 1.807) is 17.7 Å². The van der Waals surface area contributed by atoms with Gasteiger partial charge in [-0.05, 0) is 57.8 Å². The van der Waals surface area contributed by atoms with E-state index in [1.165, 1.54) is 4.70 Å². The van der Waals surface area contributed by atoms with Gasteiger partial charge < -0.3 is 14.7 Å². The quantitative estimate of drug-likeness (QED) is 0.742. The summed E-state index contributed by atoms with van der Waals surface area (Å²) in [4.78, 5) is 12.2. The third-order valence-corrected chi connectivity index (χ3v) is 6.44. The molecule has 3 aromatic rings. The Kier molecular flexibility index (Phi) is 5.07. The summed E-state index contributed by atoms with van der Waals surface area (Å²) in [5.41, 5.74) is 1.13. The summed E-state index contributed by atoms with van der Waals surface area (Å²) in [5.74, 6) is 0.694. The SMILES string of the molecule is CN(C)C1CCC(Oc2ncnc3sc4cccc(CCO)c4c23)CC1. The fraction of sp³-hybridized carbons (Fsp3) is 0.500. The molecule has 1 N–H and O–H groups in total. The van der Waals surface area contributed by atoms with E-state index in [0.717, 1.165) is 46.8 Å². The first-order chi connectivity index (χ1) is 12.7. The van der Waals surface area contributed by atoms with Crippen molar-refractivity contribution in [3.63, 3.8) is 0 Å². The van der Waals surface area contributed by atoms with Crippen LogP contribution in [-0.4, -0.2) is 52.8 Å². The van der Waals surface area contributed by atoms with Crippen LogP contribution in [0.15, 0.2) is 24.5 Å². The largest absolute Gasteiger partial charge is 0.474 e. The molecule has 0 saturated heterocycles. The van der Waals surface area contributed by atoms with Crippen LogP contribution < -0.4 is 4.74 Å². The topological polar surface area (TPSA) is 58.5 Å². The van der Waals surface area contributed by atoms with Crippen LogP contribution in [0.3, 0.4) is 0 Å². The summed E-state index contributed by atoms with van der Waals surface area (Å²) in [7, 11) is 4.31. The van der Waals surface area contributed by atoms with Crippen LogP contribution in [-0.2, 0) is 6.42 Å². The van der Waals surface area contributed by atoms with Gasteiger partial charge in [0.25, 0.3) is 0 Å². The normalized spacial score (nSPS) is 20.9. The van der Waals surface area contributed by atoms with Crippen LogP contribution in [0, 0.1) is 0 Å². The Morgan fingerprint density at radius 3 is 2.69 bits per heavy atom. The molecule has 0 atom stereocenters. The summed E-state index contributed by atoms with van der Waals surface area (Å²) in [6.07, 6.45) is 6.87. The lowest BCUT2D eigenvalue weighted by Gasteiger charge is -2.32. The number of aliphatic hydroxyl groups is 1. The molecule has 2 aromatic heterocycles. The summed E-state index contributed by atoms with van der Waals surface area (Å²) in [6.45, 7) is 0.134. The van der Waals surface area contributed by atoms with E-state index in [2.05, 4.69) is 41.1 Å². The van der Waals surface area contributed by atoms with Crippen molar-refractivity contribution < 1.29 is 9.84 Å². The number of hydrogen-bond acceptors (Lipinski definition) is 6. The van der Waals surface area contributed by atoms with Gasteiger partial charge in [-0.3, -0.25) is 0 Å². The highest BCUT2D eigenvalue weighted by Gasteiger charge is 2.25. The number of nitrogens with zero attached hydrogens (tertiary/aromatic N) is 3. The molecule has 4 rings (SSSR count). The fourth-order valence-corrected chi connectivity index (χ4v) is 5.03. The van der Waals surface area contributed by atoms with Crippen LogP contribution in [0.25, 0.3) is 20.3 Å². The van der Waals surface area contributed by atoms with Gasteiger partial charge in [0.15, 0.2) is 0 Å². The lowest BCUT2D eigenvalue weighted by molar-refractivity contribution is 0.108. The molecule has 1 aromatic carbocycles. The second kappa shape index (κ2) is 7.47. The maximum absolute atomic E-state index is 9.43. The molecule has 26 heavy (non-hydrogen) atoms. The molecule has 1 aliphatic rings. The highest BCUT2D eigenvalue weighted by atomic mass is 32.1. The second-order valence-electron chi connectivity index (χ2n) is 7.24. The molecule has 0 spiro atoms. The van der Waals surface area contributed by atoms with Gasteiger partial charge in [-0.25, -0.2) is 9.97 Å². The van der Waals surface area contributed by atoms with Crippen LogP contribution >= 0.6 is 11.3 Å². The molecule has 6 heteroatoms. The Hall–Kier alpha value is -1.76. The Labute approximate surface area is 157 Å². The summed E-state index contributed by atoms with van der Waals surface area (Å²) < 4.78 is 7.54. The summed E-state index contributed by atoms with van der Waals surface area (Å²) in [5, 5.41) is 11.6. The fourth-order valence-electron chi connectivity index (χ4n) is 3.95. The Morgan fingerprint density at radius 2 is 1.96 bits per heavy atom. The molecule has 0 amide bonds. The van der Waals surface area contributed by atoms with Gasteiger partial charge in [-0.2, -0.15) is 0 Å². The third-order valence-electron chi connectivity index (χ3n) is 5.38. The van der Waals surface area contributed by atoms with E-state index in [0.29, 0.717) is 18.3 Å². The first kappa shape index (κ1) is 17.6. The zero-order valence-electron chi connectivity index (χ0n) is 15.3. The van der Waals surface area contributed by atoms with Gasteiger partial charge in [0.05, 0.1) is 5.39 Å². The van der Waals surface area contributed by atoms with Crippen molar-refractivity contribution in [1.29, 1.82) is 0 Å². The molecule has 1 saturated carbocycles. The molecule has 2 heterocycles. The van der Waals surface area contributed by atoms with Crippen molar-refractivity contribution in [2.75, 3.05) is 20.7 Å². The Balaban J connectivity index is 1.68. The second-order valence-corrected chi connectivity index (χ2v) is 8.27. The summed E-state index contributed by atoms with van der Waals surface area (Å²) >= 11 is 1.66. The average Bonchev–Trinajstić information content (AvgIpc) is 3.03. The number of benzene rings is 1. The standard InChI is InChI=1S/C20H25N3O2S/c1-23(2)14-6-8-15(9-7-14)25-19-18-17-13(10-11-24)4-3-5-16(17)26-20(18)22-12-21-19/h3-5,12,14-15,24H,6-11H2,1-2H3. The van der Waals surface area contributed by atoms with Crippen molar-refractivity contribution in [3.8, 4) is 5.88 Å². The van der Waals surface area contributed by atoms with Gasteiger partial charge in [0, 0.05) is 22.7 Å². The van der Waals surface area contributed by atoms with Crippen molar-refractivity contribution in [3.05, 3.63) is 30.1 Å². The highest BCUT2D eigenvalue weighted by molar-refractivity contribution is 7.25. The predicted octanol–water partition coefficient (Wildman–Crippen LogP) is 3.63. The number of aromatic nitrogens is 2. The van der Waals surface area contributed by atoms with Crippen molar-refractivity contribution >= 4 is 31.6 Å². The molecule has 138 valence electrons. The Morgan fingerprint density at radius 1 is 1.15 bits per heavy atom. The van der Waals surface area contributed by atoms with Gasteiger partial charge in [0.2, 0.25) is 5.88 Å². The predicted molar refractivity (Wildman–Crippen MR) is 106 cm³/mol. The monoisotopic (exact) mass is 371 g/mol. The highest BCUT2D eigenvalue weighted by Crippen LogP contribution is 2.40. The molecule has 0 radical (unpaired) electrons. The van der Waals surface area contributed by atoms with Crippen LogP contribution in [0.5, 0.6) is 5.88 Å². The molecular formula is C20H25N3O2S. The van der Waals surface area contributed by atoms with Gasteiger partial charge in [-0.15, -0.1) is 11.3 Å². The average molecular weight is 372 g/mol. The van der Waals surface area contributed by atoms with Crippen LogP contribution in [0.2, 0.25) is 0 Å². The van der Waals surface area contributed by atoms with Gasteiger partial charge >= 0.3 is 0 Å². The van der Waals surface area contributed by atoms with Crippen LogP contribution in [0.4, 0.5) is 0 Å². The van der Waals surface area contributed by atoms with E-state index in [4.69, 9.17) is 4.74 Å². The first-order valence-electron chi connectivity index (χ1n) is 9.26. The minimum absolute atomic E-state index is 0.134. The number of thiophene rings is 1. The maximum atomic E-state index is 9.43. The summed E-state index contributed by atoms with van der Waals surface area (Å²) in [6, 6.07) is 6.87. The first-order valence-corrected chi connectivity index (χ1v) is 10.1. The lowest BCUT2D eigenvalue weighted by atomic mass is 9.92. The number of fused-ring (bicyclic) bond motifs is 3. The lowest BCUT2D eigenvalue weighted by Crippen LogP contribution is -2.35. The number of ether oxygens (including phenoxy) is 1. The van der Waals surface area contributed by atoms with Crippen LogP contribution in [0.1, 0.15) is 31.2 Å². The molecule has 5 nitrogen and oxygen atoms in total. The number of aliphatic hydroxyl groups excluding tert-OH is 1. The van der Waals surface area contributed by atoms with Crippen molar-refractivity contribution in [1.82, 2.24) is 14.9 Å². The molecular weight excluding hydrogens is 346 g/mol. The Bertz CT molecular complexity index is 901. The minimum atomic E-state index is 0.134. The van der Waals surface area contributed by atoms with E-state index in [-0.39, 0.29) is 12.7 Å². The molecule has 0 unspecified atom stereocenters. The zero-order valence-corrected chi connectivity index (χ0v) is 16.1. The maximum Gasteiger partial charge on any atom is 0.226 e. The van der Waals surface area contributed by atoms with Crippen molar-refractivity contribution in [2.45, 2.75) is 44.2 Å². The molecule has 0 bridgehead atoms. The van der Waals surface area contributed by atoms with E-state index in [9.17, 15) is 5.11 Å². The number of rotatable bonds is 5. The van der Waals surface area contributed by atoms with Crippen molar-refractivity contribution in [2.24, 2.45) is 0 Å². The number of hydrogen-bond donors (Lipinski definition) is 1. The third kappa shape index (κ3) is 3.29. The zero-order chi connectivity index (χ0) is 18.1. The molecule has 0 aliphatic heterocycles.